The second-order valence-electron chi connectivity index (χ2n) is 11.1. The number of aliphatic hydroxyl groups excluding tert-OH is 1. The molecule has 1 saturated heterocycles. The summed E-state index contributed by atoms with van der Waals surface area (Å²) in [6, 6.07) is 10.1. The topological polar surface area (TPSA) is 131 Å². The van der Waals surface area contributed by atoms with Crippen molar-refractivity contribution in [3.63, 3.8) is 0 Å². The van der Waals surface area contributed by atoms with Crippen molar-refractivity contribution in [2.75, 3.05) is 24.6 Å². The van der Waals surface area contributed by atoms with E-state index >= 15 is 0 Å². The molecule has 0 saturated carbocycles. The number of anilines is 1. The Hall–Kier alpha value is -3.44. The van der Waals surface area contributed by atoms with Crippen LogP contribution in [0.3, 0.4) is 0 Å². The first-order chi connectivity index (χ1) is 17.3. The summed E-state index contributed by atoms with van der Waals surface area (Å²) in [5.41, 5.74) is 0.718. The molecule has 3 heterocycles. The number of carbonyl (C=O) groups is 1. The Balaban J connectivity index is 1.77. The van der Waals surface area contributed by atoms with Crippen molar-refractivity contribution >= 4 is 36.9 Å². The molecule has 2 aromatic heterocycles. The van der Waals surface area contributed by atoms with Gasteiger partial charge < -0.3 is 29.7 Å². The van der Waals surface area contributed by atoms with E-state index in [4.69, 9.17) is 4.43 Å². The van der Waals surface area contributed by atoms with E-state index in [-0.39, 0.29) is 28.8 Å². The van der Waals surface area contributed by atoms with Gasteiger partial charge in [-0.15, -0.1) is 0 Å². The molecular weight excluding hydrogens is 492 g/mol. The Labute approximate surface area is 216 Å². The van der Waals surface area contributed by atoms with Crippen molar-refractivity contribution in [3.05, 3.63) is 46.5 Å². The lowest BCUT2D eigenvalue weighted by Crippen LogP contribution is -2.43. The lowest BCUT2D eigenvalue weighted by Gasteiger charge is -2.36. The Morgan fingerprint density at radius 3 is 2.43 bits per heavy atom. The maximum Gasteiger partial charge on any atom is 0.416 e. The number of rotatable bonds is 6. The Morgan fingerprint density at radius 1 is 1.19 bits per heavy atom. The number of pyridine rings is 1. The number of aromatic nitrogens is 2. The van der Waals surface area contributed by atoms with E-state index < -0.39 is 25.2 Å². The number of carboxylic acid groups (broad SMARTS) is 1. The largest absolute Gasteiger partial charge is 0.543 e. The average molecular weight is 527 g/mol. The van der Waals surface area contributed by atoms with Gasteiger partial charge in [0.1, 0.15) is 5.75 Å². The number of nitrogens with zero attached hydrogens (tertiary/aromatic N) is 4. The SMILES string of the molecule is CC(C)(C)[Si](C)(C)Oc1ccc2c(c1)cc(-c1ccc(N3CCC(CO)CC3)nc1[N+](=O)[O-])n2C(=O)O. The number of aliphatic hydroxyl groups is 1. The summed E-state index contributed by atoms with van der Waals surface area (Å²) in [5, 5.41) is 32.1. The normalized spacial score (nSPS) is 15.2. The molecule has 0 radical (unpaired) electrons. The van der Waals surface area contributed by atoms with Crippen LogP contribution in [-0.4, -0.2) is 58.8 Å². The molecule has 0 unspecified atom stereocenters. The highest BCUT2D eigenvalue weighted by atomic mass is 28.4. The molecule has 0 spiro atoms. The molecule has 2 N–H and O–H groups in total. The fourth-order valence-corrected chi connectivity index (χ4v) is 5.43. The zero-order valence-corrected chi connectivity index (χ0v) is 22.9. The molecule has 0 atom stereocenters. The van der Waals surface area contributed by atoms with Crippen LogP contribution in [0.1, 0.15) is 33.6 Å². The zero-order valence-electron chi connectivity index (χ0n) is 21.9. The van der Waals surface area contributed by atoms with Crippen molar-refractivity contribution in [1.82, 2.24) is 9.55 Å². The molecule has 1 fully saturated rings. The van der Waals surface area contributed by atoms with Gasteiger partial charge in [-0.3, -0.25) is 0 Å². The highest BCUT2D eigenvalue weighted by Gasteiger charge is 2.39. The third kappa shape index (κ3) is 5.19. The fraction of sp³-hybridized carbons (Fsp3) is 0.462. The molecule has 0 bridgehead atoms. The Bertz CT molecular complexity index is 1340. The summed E-state index contributed by atoms with van der Waals surface area (Å²) >= 11 is 0. The molecular formula is C26H34N4O6Si. The predicted octanol–water partition coefficient (Wildman–Crippen LogP) is 5.73. The number of piperidine rings is 1. The molecule has 1 aliphatic heterocycles. The van der Waals surface area contributed by atoms with Crippen LogP contribution in [0.15, 0.2) is 36.4 Å². The van der Waals surface area contributed by atoms with Crippen LogP contribution in [0.2, 0.25) is 18.1 Å². The van der Waals surface area contributed by atoms with Crippen LogP contribution >= 0.6 is 0 Å². The summed E-state index contributed by atoms with van der Waals surface area (Å²) in [5.74, 6) is 0.935. The van der Waals surface area contributed by atoms with E-state index in [1.807, 2.05) is 4.90 Å². The summed E-state index contributed by atoms with van der Waals surface area (Å²) in [4.78, 5) is 30.0. The van der Waals surface area contributed by atoms with Crippen LogP contribution in [0.5, 0.6) is 5.75 Å². The minimum atomic E-state index is -2.12. The van der Waals surface area contributed by atoms with Crippen LogP contribution in [0, 0.1) is 16.0 Å². The quantitative estimate of drug-likeness (QED) is 0.236. The molecule has 4 rings (SSSR count). The summed E-state index contributed by atoms with van der Waals surface area (Å²) in [6.45, 7) is 12.1. The molecule has 10 nitrogen and oxygen atoms in total. The van der Waals surface area contributed by atoms with Gasteiger partial charge in [-0.2, -0.15) is 0 Å². The van der Waals surface area contributed by atoms with E-state index in [1.165, 1.54) is 0 Å². The molecule has 3 aromatic rings. The zero-order chi connectivity index (χ0) is 27.1. The standard InChI is InChI=1S/C26H34N4O6Si/c1-26(2,3)37(4,5)36-19-6-8-21-18(14-19)15-22(29(21)25(32)33)20-7-9-23(27-24(20)30(34)35)28-12-10-17(16-31)11-13-28/h6-9,14-15,17,31H,10-13,16H2,1-5H3,(H,32,33). The minimum Gasteiger partial charge on any atom is -0.543 e. The van der Waals surface area contributed by atoms with Gasteiger partial charge in [0.05, 0.1) is 16.8 Å². The third-order valence-electron chi connectivity index (χ3n) is 7.65. The molecule has 37 heavy (non-hydrogen) atoms. The van der Waals surface area contributed by atoms with E-state index in [9.17, 15) is 25.1 Å². The van der Waals surface area contributed by atoms with Gasteiger partial charge in [-0.05, 0) is 77.1 Å². The molecule has 1 aromatic carbocycles. The van der Waals surface area contributed by atoms with Crippen LogP contribution in [0.25, 0.3) is 22.2 Å². The lowest BCUT2D eigenvalue weighted by atomic mass is 9.98. The maximum atomic E-state index is 12.3. The highest BCUT2D eigenvalue weighted by Crippen LogP contribution is 2.40. The van der Waals surface area contributed by atoms with Gasteiger partial charge in [-0.1, -0.05) is 20.8 Å². The van der Waals surface area contributed by atoms with Crippen molar-refractivity contribution in [3.8, 4) is 17.0 Å². The van der Waals surface area contributed by atoms with Gasteiger partial charge in [-0.25, -0.2) is 9.36 Å². The van der Waals surface area contributed by atoms with Gasteiger partial charge in [0.2, 0.25) is 14.1 Å². The summed E-state index contributed by atoms with van der Waals surface area (Å²) in [6.07, 6.45) is 0.313. The van der Waals surface area contributed by atoms with Gasteiger partial charge >= 0.3 is 11.9 Å². The maximum absolute atomic E-state index is 12.3. The van der Waals surface area contributed by atoms with Gasteiger partial charge in [0, 0.05) is 31.1 Å². The van der Waals surface area contributed by atoms with Gasteiger partial charge in [0.15, 0.2) is 0 Å². The molecule has 198 valence electrons. The van der Waals surface area contributed by atoms with E-state index in [2.05, 4.69) is 38.8 Å². The number of benzene rings is 1. The summed E-state index contributed by atoms with van der Waals surface area (Å²) < 4.78 is 7.45. The number of nitro groups is 1. The Morgan fingerprint density at radius 2 is 1.86 bits per heavy atom. The Kier molecular flexibility index (Phi) is 7.04. The van der Waals surface area contributed by atoms with Crippen LogP contribution in [0.4, 0.5) is 16.4 Å². The van der Waals surface area contributed by atoms with Crippen molar-refractivity contribution < 1.29 is 24.4 Å². The second kappa shape index (κ2) is 9.79. The second-order valence-corrected chi connectivity index (χ2v) is 15.9. The smallest absolute Gasteiger partial charge is 0.416 e. The number of hydrogen-bond donors (Lipinski definition) is 2. The van der Waals surface area contributed by atoms with Crippen molar-refractivity contribution in [1.29, 1.82) is 0 Å². The van der Waals surface area contributed by atoms with Crippen LogP contribution < -0.4 is 9.33 Å². The molecule has 0 amide bonds. The number of hydrogen-bond acceptors (Lipinski definition) is 7. The highest BCUT2D eigenvalue weighted by molar-refractivity contribution is 6.74. The first kappa shape index (κ1) is 26.6. The molecule has 1 aliphatic rings. The number of fused-ring (bicyclic) bond motifs is 1. The lowest BCUT2D eigenvalue weighted by molar-refractivity contribution is -0.388. The first-order valence-corrected chi connectivity index (χ1v) is 15.3. The predicted molar refractivity (Wildman–Crippen MR) is 145 cm³/mol. The molecule has 11 heteroatoms. The van der Waals surface area contributed by atoms with E-state index in [0.717, 1.165) is 17.4 Å². The van der Waals surface area contributed by atoms with E-state index in [0.29, 0.717) is 35.6 Å². The fourth-order valence-electron chi connectivity index (χ4n) is 4.41. The van der Waals surface area contributed by atoms with Crippen LogP contribution in [-0.2, 0) is 0 Å². The minimum absolute atomic E-state index is 0.0124. The van der Waals surface area contributed by atoms with Gasteiger partial charge in [0.25, 0.3) is 0 Å². The summed E-state index contributed by atoms with van der Waals surface area (Å²) in [7, 11) is -2.12. The third-order valence-corrected chi connectivity index (χ3v) is 12.0. The van der Waals surface area contributed by atoms with Crippen molar-refractivity contribution in [2.45, 2.75) is 51.7 Å². The van der Waals surface area contributed by atoms with Crippen molar-refractivity contribution in [2.24, 2.45) is 5.92 Å². The average Bonchev–Trinajstić information content (AvgIpc) is 3.21. The monoisotopic (exact) mass is 526 g/mol. The molecule has 0 aliphatic carbocycles. The van der Waals surface area contributed by atoms with E-state index in [1.54, 1.807) is 36.4 Å². The first-order valence-electron chi connectivity index (χ1n) is 12.4.